The van der Waals surface area contributed by atoms with E-state index >= 15 is 0 Å². The summed E-state index contributed by atoms with van der Waals surface area (Å²) in [5.74, 6) is 0.0312. The molecule has 9 nitrogen and oxygen atoms in total. The summed E-state index contributed by atoms with van der Waals surface area (Å²) in [6.45, 7) is 4.33. The molecule has 0 spiro atoms. The summed E-state index contributed by atoms with van der Waals surface area (Å²) in [7, 11) is 0. The Morgan fingerprint density at radius 2 is 1.82 bits per heavy atom. The highest BCUT2D eigenvalue weighted by molar-refractivity contribution is 5.99. The van der Waals surface area contributed by atoms with Crippen LogP contribution in [0.2, 0.25) is 0 Å². The Hall–Kier alpha value is -3.27. The minimum Gasteiger partial charge on any atom is -0.465 e. The number of anilines is 2. The Morgan fingerprint density at radius 3 is 2.46 bits per heavy atom. The van der Waals surface area contributed by atoms with Gasteiger partial charge in [0.25, 0.3) is 0 Å². The monoisotopic (exact) mass is 388 g/mol. The summed E-state index contributed by atoms with van der Waals surface area (Å²) >= 11 is 0. The lowest BCUT2D eigenvalue weighted by molar-refractivity contribution is 0.103. The van der Waals surface area contributed by atoms with E-state index in [0.29, 0.717) is 44.2 Å². The van der Waals surface area contributed by atoms with Gasteiger partial charge in [-0.25, -0.2) is 23.9 Å². The van der Waals surface area contributed by atoms with Gasteiger partial charge in [-0.2, -0.15) is 0 Å². The first-order valence-electron chi connectivity index (χ1n) is 8.76. The van der Waals surface area contributed by atoms with Gasteiger partial charge in [0.2, 0.25) is 0 Å². The van der Waals surface area contributed by atoms with Gasteiger partial charge in [-0.15, -0.1) is 0 Å². The van der Waals surface area contributed by atoms with E-state index in [2.05, 4.69) is 25.5 Å². The predicted octanol–water partition coefficient (Wildman–Crippen LogP) is 2.36. The average molecular weight is 388 g/mol. The summed E-state index contributed by atoms with van der Waals surface area (Å²) in [5.41, 5.74) is 1.28. The van der Waals surface area contributed by atoms with E-state index in [1.54, 1.807) is 19.1 Å². The van der Waals surface area contributed by atoms with Crippen LogP contribution in [0.15, 0.2) is 30.6 Å². The first-order valence-corrected chi connectivity index (χ1v) is 8.76. The maximum absolute atomic E-state index is 14.1. The standard InChI is InChI=1S/C18H21FN6O3/c1-12-20-9-14(10-21-12)22-17(26)23-16-8-13(2-3-15(16)19)11-24-4-6-25(7-5-24)18(27)28/h2-3,8-10H,4-7,11H2,1H3,(H,27,28)(H2,22,23,26). The smallest absolute Gasteiger partial charge is 0.407 e. The van der Waals surface area contributed by atoms with Crippen LogP contribution in [0.1, 0.15) is 11.4 Å². The van der Waals surface area contributed by atoms with Gasteiger partial charge in [-0.05, 0) is 24.6 Å². The largest absolute Gasteiger partial charge is 0.465 e. The third-order valence-corrected chi connectivity index (χ3v) is 4.37. The van der Waals surface area contributed by atoms with E-state index in [0.717, 1.165) is 5.56 Å². The lowest BCUT2D eigenvalue weighted by Crippen LogP contribution is -2.47. The molecule has 1 aliphatic rings. The number of halogens is 1. The van der Waals surface area contributed by atoms with Crippen LogP contribution in [0.5, 0.6) is 0 Å². The zero-order valence-electron chi connectivity index (χ0n) is 15.4. The van der Waals surface area contributed by atoms with E-state index in [1.807, 2.05) is 0 Å². The van der Waals surface area contributed by atoms with Crippen LogP contribution in [-0.4, -0.2) is 63.2 Å². The SMILES string of the molecule is Cc1ncc(NC(=O)Nc2cc(CN3CCN(C(=O)O)CC3)ccc2F)cn1. The molecule has 1 aromatic heterocycles. The number of hydrogen-bond donors (Lipinski definition) is 3. The number of aryl methyl sites for hydroxylation is 1. The number of carbonyl (C=O) groups excluding carboxylic acids is 1. The molecule has 2 aromatic rings. The number of piperazine rings is 1. The number of hydrogen-bond acceptors (Lipinski definition) is 5. The van der Waals surface area contributed by atoms with Gasteiger partial charge >= 0.3 is 12.1 Å². The molecular formula is C18H21FN6O3. The summed E-state index contributed by atoms with van der Waals surface area (Å²) in [6, 6.07) is 3.92. The van der Waals surface area contributed by atoms with Crippen molar-refractivity contribution in [2.75, 3.05) is 36.8 Å². The first kappa shape index (κ1) is 19.5. The number of carbonyl (C=O) groups is 2. The van der Waals surface area contributed by atoms with Crippen molar-refractivity contribution >= 4 is 23.5 Å². The van der Waals surface area contributed by atoms with Crippen molar-refractivity contribution in [3.8, 4) is 0 Å². The summed E-state index contributed by atoms with van der Waals surface area (Å²) in [4.78, 5) is 34.5. The molecule has 0 unspecified atom stereocenters. The van der Waals surface area contributed by atoms with Gasteiger partial charge in [0.15, 0.2) is 0 Å². The molecule has 1 aromatic carbocycles. The fourth-order valence-corrected chi connectivity index (χ4v) is 2.86. The minimum atomic E-state index is -0.919. The fourth-order valence-electron chi connectivity index (χ4n) is 2.86. The van der Waals surface area contributed by atoms with Crippen molar-refractivity contribution in [1.29, 1.82) is 0 Å². The zero-order chi connectivity index (χ0) is 20.1. The van der Waals surface area contributed by atoms with E-state index in [4.69, 9.17) is 5.11 Å². The van der Waals surface area contributed by atoms with Crippen LogP contribution in [0.25, 0.3) is 0 Å². The molecule has 0 aliphatic carbocycles. The second kappa shape index (κ2) is 8.61. The van der Waals surface area contributed by atoms with Crippen LogP contribution in [-0.2, 0) is 6.54 Å². The number of nitrogens with one attached hydrogen (secondary N) is 2. The van der Waals surface area contributed by atoms with Crippen molar-refractivity contribution in [2.45, 2.75) is 13.5 Å². The molecular weight excluding hydrogens is 367 g/mol. The summed E-state index contributed by atoms with van der Waals surface area (Å²) in [6.07, 6.45) is 2.01. The Morgan fingerprint density at radius 1 is 1.14 bits per heavy atom. The molecule has 1 fully saturated rings. The van der Waals surface area contributed by atoms with Crippen LogP contribution < -0.4 is 10.6 Å². The number of rotatable bonds is 4. The van der Waals surface area contributed by atoms with Gasteiger partial charge in [0.05, 0.1) is 23.8 Å². The van der Waals surface area contributed by atoms with E-state index < -0.39 is 17.9 Å². The molecule has 0 saturated carbocycles. The lowest BCUT2D eigenvalue weighted by atomic mass is 10.1. The Bertz CT molecular complexity index is 853. The molecule has 0 bridgehead atoms. The van der Waals surface area contributed by atoms with Crippen molar-refractivity contribution < 1.29 is 19.1 Å². The van der Waals surface area contributed by atoms with Crippen LogP contribution in [0.4, 0.5) is 25.4 Å². The molecule has 148 valence electrons. The molecule has 3 rings (SSSR count). The molecule has 0 atom stereocenters. The van der Waals surface area contributed by atoms with Crippen LogP contribution >= 0.6 is 0 Å². The van der Waals surface area contributed by atoms with Gasteiger partial charge in [-0.3, -0.25) is 4.90 Å². The fraction of sp³-hybridized carbons (Fsp3) is 0.333. The van der Waals surface area contributed by atoms with E-state index in [1.165, 1.54) is 23.4 Å². The number of carboxylic acid groups (broad SMARTS) is 1. The number of benzene rings is 1. The summed E-state index contributed by atoms with van der Waals surface area (Å²) < 4.78 is 14.1. The molecule has 28 heavy (non-hydrogen) atoms. The molecule has 1 aliphatic heterocycles. The maximum Gasteiger partial charge on any atom is 0.407 e. The Balaban J connectivity index is 1.59. The van der Waals surface area contributed by atoms with Crippen LogP contribution in [0.3, 0.4) is 0 Å². The van der Waals surface area contributed by atoms with Crippen molar-refractivity contribution in [3.63, 3.8) is 0 Å². The molecule has 3 amide bonds. The van der Waals surface area contributed by atoms with Crippen molar-refractivity contribution in [3.05, 3.63) is 47.8 Å². The van der Waals surface area contributed by atoms with Gasteiger partial charge in [-0.1, -0.05) is 6.07 Å². The van der Waals surface area contributed by atoms with Gasteiger partial charge < -0.3 is 20.6 Å². The highest BCUT2D eigenvalue weighted by atomic mass is 19.1. The topological polar surface area (TPSA) is 111 Å². The average Bonchev–Trinajstić information content (AvgIpc) is 2.67. The van der Waals surface area contributed by atoms with Gasteiger partial charge in [0.1, 0.15) is 11.6 Å². The third-order valence-electron chi connectivity index (χ3n) is 4.37. The number of nitrogens with zero attached hydrogens (tertiary/aromatic N) is 4. The van der Waals surface area contributed by atoms with E-state index in [9.17, 15) is 14.0 Å². The zero-order valence-corrected chi connectivity index (χ0v) is 15.4. The normalized spacial score (nSPS) is 14.6. The lowest BCUT2D eigenvalue weighted by Gasteiger charge is -2.33. The molecule has 1 saturated heterocycles. The summed E-state index contributed by atoms with van der Waals surface area (Å²) in [5, 5.41) is 14.0. The van der Waals surface area contributed by atoms with Crippen molar-refractivity contribution in [1.82, 2.24) is 19.8 Å². The van der Waals surface area contributed by atoms with Crippen molar-refractivity contribution in [2.24, 2.45) is 0 Å². The molecule has 0 radical (unpaired) electrons. The number of aromatic nitrogens is 2. The predicted molar refractivity (Wildman–Crippen MR) is 101 cm³/mol. The third kappa shape index (κ3) is 5.13. The maximum atomic E-state index is 14.1. The first-order chi connectivity index (χ1) is 13.4. The molecule has 3 N–H and O–H groups in total. The molecule has 2 heterocycles. The molecule has 10 heteroatoms. The number of amides is 3. The highest BCUT2D eigenvalue weighted by Gasteiger charge is 2.20. The second-order valence-corrected chi connectivity index (χ2v) is 6.46. The van der Waals surface area contributed by atoms with Gasteiger partial charge in [0, 0.05) is 32.7 Å². The Kier molecular flexibility index (Phi) is 5.99. The quantitative estimate of drug-likeness (QED) is 0.742. The minimum absolute atomic E-state index is 0.0622. The highest BCUT2D eigenvalue weighted by Crippen LogP contribution is 2.19. The van der Waals surface area contributed by atoms with E-state index in [-0.39, 0.29) is 5.69 Å². The number of urea groups is 1. The van der Waals surface area contributed by atoms with Crippen LogP contribution in [0, 0.1) is 12.7 Å². The Labute approximate surface area is 161 Å². The second-order valence-electron chi connectivity index (χ2n) is 6.46.